The van der Waals surface area contributed by atoms with Crippen LogP contribution in [0.15, 0.2) is 52.9 Å². The summed E-state index contributed by atoms with van der Waals surface area (Å²) in [6, 6.07) is 9.62. The number of carbonyl (C=O) groups is 2. The number of methoxy groups -OCH3 is 2. The SMILES string of the molecule is CC[C@@]12CC(C(=O)OC)=C3Nc4cc5c(cc4[C@@]34CCN(C[C@H]3O[C@H]31)[C@@H]24)[C@@H]1[C@H](O5)[C@@H](O)[C@@]2(CC)CC(C(=O)OC)=C3Nc4ccc(O)cc4[C@@]34CCN1[C@@H]24. The van der Waals surface area contributed by atoms with Gasteiger partial charge in [-0.3, -0.25) is 9.80 Å². The summed E-state index contributed by atoms with van der Waals surface area (Å²) in [4.78, 5) is 32.5. The first-order chi connectivity index (χ1) is 26.1. The van der Waals surface area contributed by atoms with E-state index in [0.717, 1.165) is 71.1 Å². The van der Waals surface area contributed by atoms with Crippen LogP contribution in [0.4, 0.5) is 11.4 Å². The number of ether oxygens (including phenoxy) is 4. The highest BCUT2D eigenvalue weighted by Crippen LogP contribution is 2.72. The third-order valence-corrected chi connectivity index (χ3v) is 16.3. The molecule has 2 spiro atoms. The van der Waals surface area contributed by atoms with Crippen LogP contribution < -0.4 is 15.4 Å². The molecule has 0 bridgehead atoms. The molecule has 11 atom stereocenters. The van der Waals surface area contributed by atoms with Gasteiger partial charge in [0.25, 0.3) is 0 Å². The number of hydrogen-bond donors (Lipinski definition) is 4. The Bertz CT molecular complexity index is 2200. The average molecular weight is 735 g/mol. The van der Waals surface area contributed by atoms with E-state index in [0.29, 0.717) is 37.8 Å². The van der Waals surface area contributed by atoms with Gasteiger partial charge in [0.05, 0.1) is 54.4 Å². The van der Waals surface area contributed by atoms with E-state index < -0.39 is 34.4 Å². The molecule has 0 unspecified atom stereocenters. The highest BCUT2D eigenvalue weighted by atomic mass is 16.6. The molecule has 4 N–H and O–H groups in total. The Hall–Kier alpha value is -4.10. The molecule has 0 amide bonds. The number of epoxide rings is 1. The second kappa shape index (κ2) is 10.0. The number of aliphatic hydroxyl groups is 1. The molecule has 0 aromatic heterocycles. The van der Waals surface area contributed by atoms with E-state index in [9.17, 15) is 19.8 Å². The summed E-state index contributed by atoms with van der Waals surface area (Å²) in [5.74, 6) is 0.238. The van der Waals surface area contributed by atoms with Crippen LogP contribution in [0.5, 0.6) is 11.5 Å². The Morgan fingerprint density at radius 1 is 0.889 bits per heavy atom. The number of nitrogens with one attached hydrogen (secondary N) is 2. The maximum atomic E-state index is 13.7. The van der Waals surface area contributed by atoms with Crippen molar-refractivity contribution in [3.05, 3.63) is 69.6 Å². The summed E-state index contributed by atoms with van der Waals surface area (Å²) in [5.41, 5.74) is 6.07. The number of piperidine rings is 2. The molecule has 0 saturated carbocycles. The monoisotopic (exact) mass is 734 g/mol. The molecule has 2 aromatic carbocycles. The minimum atomic E-state index is -0.896. The molecule has 2 aliphatic carbocycles. The van der Waals surface area contributed by atoms with Gasteiger partial charge in [-0.15, -0.1) is 0 Å². The lowest BCUT2D eigenvalue weighted by Crippen LogP contribution is -2.69. The summed E-state index contributed by atoms with van der Waals surface area (Å²) in [7, 11) is 2.89. The first kappa shape index (κ1) is 32.2. The number of benzene rings is 2. The molecule has 12 rings (SSSR count). The van der Waals surface area contributed by atoms with Crippen LogP contribution in [0.25, 0.3) is 0 Å². The van der Waals surface area contributed by atoms with E-state index in [1.807, 2.05) is 12.1 Å². The zero-order valence-electron chi connectivity index (χ0n) is 31.0. The standard InChI is InChI=1S/C42H46N4O8/c1-5-39-16-21(35(49)51-3)32-42(23-13-19(47)7-8-25(23)43-32)10-12-46(38(39)42)29-20-14-24-26(15-27(20)53-30(29)33(39)48)44-31-22(36(50)52-4)17-40(6-2)34-28(54-34)18-45-11-9-41(24,31)37(40)45/h7-8,13-15,28-30,33-34,37-38,43-44,47-48H,5-6,9-12,16-18H2,1-4H3/t28-,29-,30+,33-,34-,37+,38+,39-,40-,41+,42+/m1/s1. The van der Waals surface area contributed by atoms with Gasteiger partial charge in [0.1, 0.15) is 23.7 Å². The normalized spacial score (nSPS) is 42.2. The van der Waals surface area contributed by atoms with Gasteiger partial charge in [-0.1, -0.05) is 13.8 Å². The third kappa shape index (κ3) is 3.29. The molecule has 12 heteroatoms. The van der Waals surface area contributed by atoms with E-state index in [-0.39, 0.29) is 47.5 Å². The maximum absolute atomic E-state index is 13.7. The number of phenolic OH excluding ortho intramolecular Hbond substituents is 1. The molecule has 8 heterocycles. The van der Waals surface area contributed by atoms with Crippen molar-refractivity contribution in [2.75, 3.05) is 44.5 Å². The number of anilines is 2. The topological polar surface area (TPSA) is 145 Å². The highest BCUT2D eigenvalue weighted by Gasteiger charge is 2.76. The maximum Gasteiger partial charge on any atom is 0.335 e. The number of fused-ring (bicyclic) bond motifs is 8. The minimum absolute atomic E-state index is 0.119. The minimum Gasteiger partial charge on any atom is -0.508 e. The summed E-state index contributed by atoms with van der Waals surface area (Å²) >= 11 is 0. The van der Waals surface area contributed by atoms with Crippen LogP contribution in [0.2, 0.25) is 0 Å². The van der Waals surface area contributed by atoms with Crippen molar-refractivity contribution in [2.24, 2.45) is 10.8 Å². The first-order valence-electron chi connectivity index (χ1n) is 19.8. The van der Waals surface area contributed by atoms with Crippen molar-refractivity contribution < 1.29 is 38.7 Å². The predicted octanol–water partition coefficient (Wildman–Crippen LogP) is 3.98. The van der Waals surface area contributed by atoms with Gasteiger partial charge < -0.3 is 39.8 Å². The lowest BCUT2D eigenvalue weighted by molar-refractivity contribution is -0.168. The fraction of sp³-hybridized carbons (Fsp3) is 0.571. The molecule has 5 fully saturated rings. The van der Waals surface area contributed by atoms with E-state index in [1.165, 1.54) is 19.8 Å². The van der Waals surface area contributed by atoms with Crippen molar-refractivity contribution in [1.29, 1.82) is 0 Å². The van der Waals surface area contributed by atoms with Crippen LogP contribution >= 0.6 is 0 Å². The number of rotatable bonds is 4. The summed E-state index contributed by atoms with van der Waals surface area (Å²) in [6.45, 7) is 6.90. The molecule has 10 aliphatic rings. The molecular formula is C42H46N4O8. The Morgan fingerprint density at radius 2 is 1.56 bits per heavy atom. The summed E-state index contributed by atoms with van der Waals surface area (Å²) in [6.07, 6.45) is 2.95. The average Bonchev–Trinajstić information content (AvgIpc) is 3.52. The zero-order valence-corrected chi connectivity index (χ0v) is 31.0. The van der Waals surface area contributed by atoms with Crippen molar-refractivity contribution >= 4 is 23.3 Å². The number of carbonyl (C=O) groups excluding carboxylic acids is 2. The second-order valence-electron chi connectivity index (χ2n) is 17.7. The molecule has 54 heavy (non-hydrogen) atoms. The van der Waals surface area contributed by atoms with Crippen LogP contribution in [0.3, 0.4) is 0 Å². The highest BCUT2D eigenvalue weighted by molar-refractivity contribution is 5.94. The third-order valence-electron chi connectivity index (χ3n) is 16.3. The Balaban J connectivity index is 1.05. The number of phenols is 1. The van der Waals surface area contributed by atoms with Gasteiger partial charge in [0.2, 0.25) is 0 Å². The summed E-state index contributed by atoms with van der Waals surface area (Å²) in [5, 5.41) is 31.1. The van der Waals surface area contributed by atoms with Crippen molar-refractivity contribution in [3.63, 3.8) is 0 Å². The molecule has 282 valence electrons. The molecule has 0 radical (unpaired) electrons. The van der Waals surface area contributed by atoms with Crippen LogP contribution in [0, 0.1) is 10.8 Å². The summed E-state index contributed by atoms with van der Waals surface area (Å²) < 4.78 is 24.2. The largest absolute Gasteiger partial charge is 0.508 e. The Morgan fingerprint density at radius 3 is 2.28 bits per heavy atom. The molecule has 12 nitrogen and oxygen atoms in total. The zero-order chi connectivity index (χ0) is 36.8. The van der Waals surface area contributed by atoms with Gasteiger partial charge in [0, 0.05) is 70.4 Å². The van der Waals surface area contributed by atoms with Gasteiger partial charge >= 0.3 is 11.9 Å². The van der Waals surface area contributed by atoms with Crippen LogP contribution in [-0.4, -0.2) is 102 Å². The predicted molar refractivity (Wildman–Crippen MR) is 195 cm³/mol. The number of esters is 2. The number of aromatic hydroxyl groups is 1. The van der Waals surface area contributed by atoms with Gasteiger partial charge in [-0.05, 0) is 80.5 Å². The van der Waals surface area contributed by atoms with Crippen LogP contribution in [0.1, 0.15) is 75.1 Å². The number of aliphatic hydroxyl groups excluding tert-OH is 1. The quantitative estimate of drug-likeness (QED) is 0.205. The molecule has 5 saturated heterocycles. The van der Waals surface area contributed by atoms with Crippen LogP contribution in [-0.2, 0) is 34.6 Å². The lowest BCUT2D eigenvalue weighted by Gasteiger charge is -2.60. The van der Waals surface area contributed by atoms with Gasteiger partial charge in [-0.2, -0.15) is 0 Å². The van der Waals surface area contributed by atoms with E-state index in [4.69, 9.17) is 18.9 Å². The van der Waals surface area contributed by atoms with Gasteiger partial charge in [-0.25, -0.2) is 9.59 Å². The number of hydrogen-bond acceptors (Lipinski definition) is 12. The second-order valence-corrected chi connectivity index (χ2v) is 17.7. The molecule has 8 aliphatic heterocycles. The fourth-order valence-corrected chi connectivity index (χ4v) is 14.4. The fourth-order valence-electron chi connectivity index (χ4n) is 14.4. The first-order valence-corrected chi connectivity index (χ1v) is 19.8. The Labute approximate surface area is 313 Å². The van der Waals surface area contributed by atoms with E-state index >= 15 is 0 Å². The van der Waals surface area contributed by atoms with E-state index in [2.05, 4.69) is 46.4 Å². The van der Waals surface area contributed by atoms with Crippen molar-refractivity contribution in [3.8, 4) is 11.5 Å². The van der Waals surface area contributed by atoms with E-state index in [1.54, 1.807) is 6.07 Å². The smallest absolute Gasteiger partial charge is 0.335 e. The number of nitrogens with zero attached hydrogens (tertiary/aromatic N) is 2. The lowest BCUT2D eigenvalue weighted by atomic mass is 9.51. The molecule has 2 aromatic rings. The van der Waals surface area contributed by atoms with Crippen molar-refractivity contribution in [1.82, 2.24) is 9.80 Å². The Kier molecular flexibility index (Phi) is 5.96. The van der Waals surface area contributed by atoms with Crippen molar-refractivity contribution in [2.45, 2.75) is 106 Å². The molecular weight excluding hydrogens is 688 g/mol. The van der Waals surface area contributed by atoms with Gasteiger partial charge in [0.15, 0.2) is 0 Å².